The molecule has 0 aliphatic carbocycles. The Balaban J connectivity index is 2.90. The molecule has 0 N–H and O–H groups in total. The van der Waals surface area contributed by atoms with E-state index in [2.05, 4.69) is 10.5 Å². The van der Waals surface area contributed by atoms with Gasteiger partial charge in [-0.05, 0) is 6.07 Å². The molecule has 0 saturated heterocycles. The predicted octanol–water partition coefficient (Wildman–Crippen LogP) is 2.10. The van der Waals surface area contributed by atoms with Gasteiger partial charge in [0.25, 0.3) is 0 Å². The van der Waals surface area contributed by atoms with Crippen LogP contribution in [0.5, 0.6) is 0 Å². The van der Waals surface area contributed by atoms with Crippen molar-refractivity contribution in [3.05, 3.63) is 24.2 Å². The Labute approximate surface area is 49.1 Å². The second kappa shape index (κ2) is 1.79. The van der Waals surface area contributed by atoms with Gasteiger partial charge in [0.2, 0.25) is 5.76 Å². The molecule has 0 bridgehead atoms. The van der Waals surface area contributed by atoms with E-state index < -0.39 is 11.9 Å². The predicted molar refractivity (Wildman–Crippen MR) is 22.5 cm³/mol. The molecule has 0 fully saturated rings. The molecule has 1 rings (SSSR count). The van der Waals surface area contributed by atoms with Crippen molar-refractivity contribution in [2.75, 3.05) is 0 Å². The highest BCUT2D eigenvalue weighted by atomic mass is 19.4. The molecule has 0 spiro atoms. The van der Waals surface area contributed by atoms with Crippen molar-refractivity contribution >= 4 is 0 Å². The van der Waals surface area contributed by atoms with E-state index in [4.69, 9.17) is 0 Å². The second-order valence-electron chi connectivity index (χ2n) is 1.41. The van der Waals surface area contributed by atoms with Crippen LogP contribution in [0.2, 0.25) is 0 Å². The van der Waals surface area contributed by atoms with E-state index in [1.807, 2.05) is 0 Å². The number of halogens is 3. The third kappa shape index (κ3) is 1.25. The minimum Gasteiger partial charge on any atom is -0.459 e. The van der Waals surface area contributed by atoms with Crippen molar-refractivity contribution in [1.29, 1.82) is 0 Å². The lowest BCUT2D eigenvalue weighted by Crippen LogP contribution is -2.01. The van der Waals surface area contributed by atoms with Crippen molar-refractivity contribution in [2.24, 2.45) is 0 Å². The molecule has 0 amide bonds. The summed E-state index contributed by atoms with van der Waals surface area (Å²) in [5, 5.41) is 0. The van der Waals surface area contributed by atoms with E-state index in [1.165, 1.54) is 0 Å². The monoisotopic (exact) mass is 135 g/mol. The topological polar surface area (TPSA) is 13.1 Å². The molecule has 9 heavy (non-hydrogen) atoms. The third-order valence-electron chi connectivity index (χ3n) is 0.748. The first-order valence-electron chi connectivity index (χ1n) is 2.12. The van der Waals surface area contributed by atoms with Gasteiger partial charge < -0.3 is 4.42 Å². The number of hydrogen-bond acceptors (Lipinski definition) is 1. The van der Waals surface area contributed by atoms with Gasteiger partial charge in [-0.3, -0.25) is 0 Å². The lowest BCUT2D eigenvalue weighted by Gasteiger charge is -1.98. The van der Waals surface area contributed by atoms with Crippen LogP contribution in [-0.2, 0) is 6.18 Å². The van der Waals surface area contributed by atoms with E-state index in [1.54, 1.807) is 0 Å². The van der Waals surface area contributed by atoms with Crippen LogP contribution in [0, 0.1) is 6.07 Å². The van der Waals surface area contributed by atoms with E-state index in [9.17, 15) is 13.2 Å². The van der Waals surface area contributed by atoms with E-state index in [-0.39, 0.29) is 0 Å². The quantitative estimate of drug-likeness (QED) is 0.530. The maximum atomic E-state index is 11.5. The molecular formula is C5H2F3O. The van der Waals surface area contributed by atoms with Gasteiger partial charge in [-0.2, -0.15) is 13.2 Å². The van der Waals surface area contributed by atoms with Gasteiger partial charge in [-0.15, -0.1) is 0 Å². The highest BCUT2D eigenvalue weighted by Crippen LogP contribution is 2.28. The Hall–Kier alpha value is -0.930. The van der Waals surface area contributed by atoms with Crippen LogP contribution in [0.3, 0.4) is 0 Å². The van der Waals surface area contributed by atoms with Crippen molar-refractivity contribution in [3.63, 3.8) is 0 Å². The summed E-state index contributed by atoms with van der Waals surface area (Å²) in [7, 11) is 0. The average molecular weight is 135 g/mol. The zero-order chi connectivity index (χ0) is 6.91. The molecule has 0 aliphatic rings. The third-order valence-corrected chi connectivity index (χ3v) is 0.748. The SMILES string of the molecule is FC(F)(F)c1c[c]co1. The average Bonchev–Trinajstić information content (AvgIpc) is 2.08. The number of rotatable bonds is 0. The zero-order valence-electron chi connectivity index (χ0n) is 4.20. The van der Waals surface area contributed by atoms with Gasteiger partial charge in [0.05, 0.1) is 6.26 Å². The summed E-state index contributed by atoms with van der Waals surface area (Å²) in [5.74, 6) is -1.01. The van der Waals surface area contributed by atoms with Crippen molar-refractivity contribution in [1.82, 2.24) is 0 Å². The van der Waals surface area contributed by atoms with Crippen molar-refractivity contribution < 1.29 is 17.6 Å². The molecule has 1 aromatic rings. The van der Waals surface area contributed by atoms with E-state index >= 15 is 0 Å². The largest absolute Gasteiger partial charge is 0.459 e. The van der Waals surface area contributed by atoms with Crippen molar-refractivity contribution in [3.8, 4) is 0 Å². The fraction of sp³-hybridized carbons (Fsp3) is 0.200. The normalized spacial score (nSPS) is 11.9. The molecule has 0 atom stereocenters. The van der Waals surface area contributed by atoms with Gasteiger partial charge in [-0.25, -0.2) is 0 Å². The fourth-order valence-corrected chi connectivity index (χ4v) is 0.390. The lowest BCUT2D eigenvalue weighted by atomic mass is 10.4. The van der Waals surface area contributed by atoms with Crippen LogP contribution in [0.25, 0.3) is 0 Å². The molecule has 1 radical (unpaired) electrons. The summed E-state index contributed by atoms with van der Waals surface area (Å²) >= 11 is 0. The number of furan rings is 1. The maximum Gasteiger partial charge on any atom is 0.449 e. The molecule has 1 heterocycles. The van der Waals surface area contributed by atoms with Crippen LogP contribution in [0.1, 0.15) is 5.76 Å². The first kappa shape index (κ1) is 6.19. The number of alkyl halides is 3. The first-order valence-corrected chi connectivity index (χ1v) is 2.12. The first-order chi connectivity index (χ1) is 4.11. The van der Waals surface area contributed by atoms with Gasteiger partial charge >= 0.3 is 6.18 Å². The summed E-state index contributed by atoms with van der Waals surface area (Å²) < 4.78 is 38.5. The Morgan fingerprint density at radius 1 is 1.44 bits per heavy atom. The molecule has 4 heteroatoms. The Morgan fingerprint density at radius 2 is 2.11 bits per heavy atom. The molecular weight excluding hydrogens is 133 g/mol. The Bertz CT molecular complexity index is 175. The summed E-state index contributed by atoms with van der Waals surface area (Å²) in [4.78, 5) is 0. The minimum atomic E-state index is -4.38. The number of hydrogen-bond donors (Lipinski definition) is 0. The fourth-order valence-electron chi connectivity index (χ4n) is 0.390. The van der Waals surface area contributed by atoms with E-state index in [0.29, 0.717) is 0 Å². The minimum absolute atomic E-state index is 0.750. The summed E-state index contributed by atoms with van der Waals surface area (Å²) in [6.45, 7) is 0. The lowest BCUT2D eigenvalue weighted by molar-refractivity contribution is -0.153. The standard InChI is InChI=1S/C5H2F3O/c6-5(7,8)4-2-1-3-9-4/h2-3H. The van der Waals surface area contributed by atoms with Crippen LogP contribution in [0.15, 0.2) is 16.7 Å². The van der Waals surface area contributed by atoms with Crippen LogP contribution >= 0.6 is 0 Å². The second-order valence-corrected chi connectivity index (χ2v) is 1.41. The summed E-state index contributed by atoms with van der Waals surface area (Å²) in [6, 6.07) is 2.90. The molecule has 1 aromatic heterocycles. The molecule has 49 valence electrons. The summed E-state index contributed by atoms with van der Waals surface area (Å²) in [5.41, 5.74) is 0. The van der Waals surface area contributed by atoms with Gasteiger partial charge in [0.15, 0.2) is 0 Å². The highest BCUT2D eigenvalue weighted by molar-refractivity contribution is 5.00. The Morgan fingerprint density at radius 3 is 2.33 bits per heavy atom. The summed E-state index contributed by atoms with van der Waals surface area (Å²) in [6.07, 6.45) is -3.51. The van der Waals surface area contributed by atoms with Gasteiger partial charge in [0.1, 0.15) is 0 Å². The molecule has 0 unspecified atom stereocenters. The van der Waals surface area contributed by atoms with Gasteiger partial charge in [-0.1, -0.05) is 0 Å². The van der Waals surface area contributed by atoms with Crippen LogP contribution in [0.4, 0.5) is 13.2 Å². The molecule has 0 aliphatic heterocycles. The van der Waals surface area contributed by atoms with E-state index in [0.717, 1.165) is 12.3 Å². The van der Waals surface area contributed by atoms with Crippen molar-refractivity contribution in [2.45, 2.75) is 6.18 Å². The molecule has 1 nitrogen and oxygen atoms in total. The molecule has 0 aromatic carbocycles. The maximum absolute atomic E-state index is 11.5. The van der Waals surface area contributed by atoms with Crippen LogP contribution < -0.4 is 0 Å². The highest BCUT2D eigenvalue weighted by Gasteiger charge is 2.33. The Kier molecular flexibility index (Phi) is 1.23. The van der Waals surface area contributed by atoms with Gasteiger partial charge in [0, 0.05) is 6.07 Å². The van der Waals surface area contributed by atoms with Crippen LogP contribution in [-0.4, -0.2) is 0 Å². The molecule has 0 saturated carbocycles. The zero-order valence-corrected chi connectivity index (χ0v) is 4.20. The smallest absolute Gasteiger partial charge is 0.449 e.